The van der Waals surface area contributed by atoms with Gasteiger partial charge in [0.15, 0.2) is 0 Å². The molecule has 0 aliphatic rings. The van der Waals surface area contributed by atoms with Crippen LogP contribution in [0.4, 0.5) is 5.69 Å². The zero-order valence-corrected chi connectivity index (χ0v) is 19.9. The molecule has 3 aromatic rings. The van der Waals surface area contributed by atoms with Crippen molar-refractivity contribution in [2.75, 3.05) is 10.9 Å². The molecule has 168 valence electrons. The molecule has 0 aliphatic carbocycles. The van der Waals surface area contributed by atoms with Crippen LogP contribution in [0, 0.1) is 13.8 Å². The van der Waals surface area contributed by atoms with E-state index in [0.29, 0.717) is 22.9 Å². The SMILES string of the molecule is CCOC(=O)Cc1ccc(N(Cc2ccc(Cl)cc2)S(=O)(=O)c2cc(C)ccc2C)cc1. The third kappa shape index (κ3) is 5.69. The van der Waals surface area contributed by atoms with E-state index in [1.807, 2.05) is 31.2 Å². The molecule has 0 saturated carbocycles. The smallest absolute Gasteiger partial charge is 0.310 e. The maximum absolute atomic E-state index is 13.8. The van der Waals surface area contributed by atoms with Gasteiger partial charge in [0.25, 0.3) is 10.0 Å². The number of sulfonamides is 1. The number of ether oxygens (including phenoxy) is 1. The summed E-state index contributed by atoms with van der Waals surface area (Å²) in [5.41, 5.74) is 3.61. The van der Waals surface area contributed by atoms with Crippen LogP contribution in [0.1, 0.15) is 29.2 Å². The third-order valence-electron chi connectivity index (χ3n) is 5.03. The van der Waals surface area contributed by atoms with Gasteiger partial charge in [-0.05, 0) is 73.4 Å². The van der Waals surface area contributed by atoms with Gasteiger partial charge in [0.1, 0.15) is 0 Å². The summed E-state index contributed by atoms with van der Waals surface area (Å²) in [4.78, 5) is 12.0. The number of anilines is 1. The topological polar surface area (TPSA) is 63.7 Å². The maximum Gasteiger partial charge on any atom is 0.310 e. The molecule has 0 unspecified atom stereocenters. The Morgan fingerprint density at radius 2 is 1.56 bits per heavy atom. The molecule has 0 aliphatic heterocycles. The van der Waals surface area contributed by atoms with E-state index in [1.165, 1.54) is 4.31 Å². The Kier molecular flexibility index (Phi) is 7.59. The largest absolute Gasteiger partial charge is 0.466 e. The van der Waals surface area contributed by atoms with Crippen LogP contribution in [0.3, 0.4) is 0 Å². The Bertz CT molecular complexity index is 1190. The minimum absolute atomic E-state index is 0.134. The molecule has 32 heavy (non-hydrogen) atoms. The van der Waals surface area contributed by atoms with E-state index >= 15 is 0 Å². The molecule has 0 radical (unpaired) electrons. The molecule has 0 saturated heterocycles. The molecule has 0 spiro atoms. The monoisotopic (exact) mass is 471 g/mol. The van der Waals surface area contributed by atoms with E-state index < -0.39 is 10.0 Å². The number of nitrogens with zero attached hydrogens (tertiary/aromatic N) is 1. The molecule has 0 N–H and O–H groups in total. The molecule has 0 atom stereocenters. The predicted molar refractivity (Wildman–Crippen MR) is 128 cm³/mol. The van der Waals surface area contributed by atoms with Crippen molar-refractivity contribution >= 4 is 33.3 Å². The van der Waals surface area contributed by atoms with E-state index in [-0.39, 0.29) is 23.8 Å². The van der Waals surface area contributed by atoms with Gasteiger partial charge in [-0.3, -0.25) is 9.10 Å². The Labute approximate surface area is 194 Å². The fourth-order valence-corrected chi connectivity index (χ4v) is 5.22. The highest BCUT2D eigenvalue weighted by atomic mass is 35.5. The molecule has 0 fully saturated rings. The predicted octanol–water partition coefficient (Wildman–Crippen LogP) is 5.46. The molecule has 7 heteroatoms. The van der Waals surface area contributed by atoms with Gasteiger partial charge >= 0.3 is 5.97 Å². The summed E-state index contributed by atoms with van der Waals surface area (Å²) < 4.78 is 33.9. The first-order valence-corrected chi connectivity index (χ1v) is 12.1. The number of hydrogen-bond donors (Lipinski definition) is 0. The standard InChI is InChI=1S/C25H26ClNO4S/c1-4-31-25(28)16-20-9-13-23(14-10-20)27(17-21-7-11-22(26)12-8-21)32(29,30)24-15-18(2)5-6-19(24)3/h5-15H,4,16-17H2,1-3H3. The summed E-state index contributed by atoms with van der Waals surface area (Å²) in [5, 5.41) is 0.584. The fraction of sp³-hybridized carbons (Fsp3) is 0.240. The second-order valence-corrected chi connectivity index (χ2v) is 9.82. The molecule has 0 amide bonds. The van der Waals surface area contributed by atoms with Gasteiger partial charge in [0, 0.05) is 5.02 Å². The first-order valence-electron chi connectivity index (χ1n) is 10.3. The van der Waals surface area contributed by atoms with Gasteiger partial charge in [-0.25, -0.2) is 8.42 Å². The second kappa shape index (κ2) is 10.2. The maximum atomic E-state index is 13.8. The molecule has 0 heterocycles. The zero-order valence-electron chi connectivity index (χ0n) is 18.3. The number of carbonyl (C=O) groups is 1. The van der Waals surface area contributed by atoms with Crippen molar-refractivity contribution in [1.29, 1.82) is 0 Å². The van der Waals surface area contributed by atoms with E-state index in [4.69, 9.17) is 16.3 Å². The summed E-state index contributed by atoms with van der Waals surface area (Å²) >= 11 is 6.00. The molecule has 0 aromatic heterocycles. The number of benzene rings is 3. The summed E-state index contributed by atoms with van der Waals surface area (Å²) in [6.07, 6.45) is 0.134. The fourth-order valence-electron chi connectivity index (χ4n) is 3.33. The van der Waals surface area contributed by atoms with Gasteiger partial charge in [-0.2, -0.15) is 0 Å². The second-order valence-electron chi connectivity index (χ2n) is 7.56. The Morgan fingerprint density at radius 1 is 0.938 bits per heavy atom. The van der Waals surface area contributed by atoms with Crippen molar-refractivity contribution in [3.63, 3.8) is 0 Å². The highest BCUT2D eigenvalue weighted by molar-refractivity contribution is 7.92. The summed E-state index contributed by atoms with van der Waals surface area (Å²) in [6.45, 7) is 5.87. The van der Waals surface area contributed by atoms with Crippen LogP contribution < -0.4 is 4.31 Å². The van der Waals surface area contributed by atoms with Gasteiger partial charge in [-0.15, -0.1) is 0 Å². The first kappa shape index (κ1) is 23.8. The van der Waals surface area contributed by atoms with Crippen LogP contribution in [0.5, 0.6) is 0 Å². The molecule has 3 aromatic carbocycles. The minimum atomic E-state index is -3.85. The summed E-state index contributed by atoms with van der Waals surface area (Å²) in [5.74, 6) is -0.318. The van der Waals surface area contributed by atoms with Gasteiger partial charge in [-0.1, -0.05) is 48.0 Å². The average molecular weight is 472 g/mol. The van der Waals surface area contributed by atoms with Crippen molar-refractivity contribution < 1.29 is 17.9 Å². The number of rotatable bonds is 8. The quantitative estimate of drug-likeness (QED) is 0.409. The van der Waals surface area contributed by atoms with E-state index in [0.717, 1.165) is 16.7 Å². The van der Waals surface area contributed by atoms with Crippen LogP contribution >= 0.6 is 11.6 Å². The molecule has 3 rings (SSSR count). The van der Waals surface area contributed by atoms with E-state index in [9.17, 15) is 13.2 Å². The lowest BCUT2D eigenvalue weighted by Crippen LogP contribution is -2.31. The lowest BCUT2D eigenvalue weighted by atomic mass is 10.1. The highest BCUT2D eigenvalue weighted by Gasteiger charge is 2.27. The van der Waals surface area contributed by atoms with Crippen molar-refractivity contribution in [2.45, 2.75) is 38.6 Å². The van der Waals surface area contributed by atoms with Crippen LogP contribution in [-0.4, -0.2) is 21.0 Å². The average Bonchev–Trinajstić information content (AvgIpc) is 2.75. The number of aryl methyl sites for hydroxylation is 2. The molecular formula is C25H26ClNO4S. The van der Waals surface area contributed by atoms with Crippen molar-refractivity contribution in [1.82, 2.24) is 0 Å². The Morgan fingerprint density at radius 3 is 2.19 bits per heavy atom. The first-order chi connectivity index (χ1) is 15.2. The van der Waals surface area contributed by atoms with Crippen molar-refractivity contribution in [3.8, 4) is 0 Å². The number of halogens is 1. The zero-order chi connectivity index (χ0) is 23.3. The van der Waals surface area contributed by atoms with E-state index in [1.54, 1.807) is 56.3 Å². The summed E-state index contributed by atoms with van der Waals surface area (Å²) in [6, 6.07) is 19.4. The number of carbonyl (C=O) groups excluding carboxylic acids is 1. The highest BCUT2D eigenvalue weighted by Crippen LogP contribution is 2.29. The van der Waals surface area contributed by atoms with Gasteiger partial charge in [0.2, 0.25) is 0 Å². The normalized spacial score (nSPS) is 11.2. The van der Waals surface area contributed by atoms with Crippen LogP contribution in [-0.2, 0) is 32.5 Å². The Hall–Kier alpha value is -2.83. The molecule has 0 bridgehead atoms. The van der Waals surface area contributed by atoms with Crippen molar-refractivity contribution in [2.24, 2.45) is 0 Å². The van der Waals surface area contributed by atoms with Crippen molar-refractivity contribution in [3.05, 3.63) is 94.0 Å². The Balaban J connectivity index is 2.01. The van der Waals surface area contributed by atoms with Crippen LogP contribution in [0.2, 0.25) is 5.02 Å². The number of hydrogen-bond acceptors (Lipinski definition) is 4. The minimum Gasteiger partial charge on any atom is -0.466 e. The molecule has 5 nitrogen and oxygen atoms in total. The molecular weight excluding hydrogens is 446 g/mol. The third-order valence-corrected chi connectivity index (χ3v) is 7.20. The van der Waals surface area contributed by atoms with Gasteiger partial charge < -0.3 is 4.74 Å². The van der Waals surface area contributed by atoms with Crippen LogP contribution in [0.15, 0.2) is 71.6 Å². The van der Waals surface area contributed by atoms with Crippen LogP contribution in [0.25, 0.3) is 0 Å². The van der Waals surface area contributed by atoms with E-state index in [2.05, 4.69) is 0 Å². The lowest BCUT2D eigenvalue weighted by molar-refractivity contribution is -0.142. The lowest BCUT2D eigenvalue weighted by Gasteiger charge is -2.26. The summed E-state index contributed by atoms with van der Waals surface area (Å²) in [7, 11) is -3.85. The van der Waals surface area contributed by atoms with Gasteiger partial charge in [0.05, 0.1) is 30.2 Å². The number of esters is 1.